The Morgan fingerprint density at radius 2 is 1.92 bits per heavy atom. The maximum absolute atomic E-state index is 12.6. The molecule has 2 aliphatic heterocycles. The average molecular weight is 534 g/mol. The molecule has 2 aromatic heterocycles. The third kappa shape index (κ3) is 5.44. The quantitative estimate of drug-likeness (QED) is 0.347. The highest BCUT2D eigenvalue weighted by Gasteiger charge is 2.38. The second-order valence-corrected chi connectivity index (χ2v) is 11.4. The van der Waals surface area contributed by atoms with Crippen molar-refractivity contribution in [3.05, 3.63) is 59.5 Å². The molecule has 2 saturated heterocycles. The normalized spacial score (nSPS) is 19.6. The first-order valence-electron chi connectivity index (χ1n) is 13.3. The number of rotatable bonds is 9. The molecule has 0 aliphatic carbocycles. The summed E-state index contributed by atoms with van der Waals surface area (Å²) < 4.78 is 6.27. The molecule has 1 N–H and O–H groups in total. The molecule has 1 amide bonds. The largest absolute Gasteiger partial charge is 0.447 e. The number of thiophene rings is 1. The summed E-state index contributed by atoms with van der Waals surface area (Å²) in [7, 11) is 0. The first kappa shape index (κ1) is 26.3. The molecular weight excluding hydrogens is 498 g/mol. The van der Waals surface area contributed by atoms with Gasteiger partial charge >= 0.3 is 6.09 Å². The van der Waals surface area contributed by atoms with E-state index in [-0.39, 0.29) is 35.8 Å². The van der Waals surface area contributed by atoms with Gasteiger partial charge in [-0.1, -0.05) is 44.7 Å². The summed E-state index contributed by atoms with van der Waals surface area (Å²) in [4.78, 5) is 38.1. The van der Waals surface area contributed by atoms with E-state index in [0.717, 1.165) is 48.3 Å². The number of hydrogen-bond acceptors (Lipinski definition) is 8. The number of allylic oxidation sites excluding steroid dienone is 1. The summed E-state index contributed by atoms with van der Waals surface area (Å²) in [5.41, 5.74) is 3.19. The monoisotopic (exact) mass is 533 g/mol. The number of piperidine rings is 1. The minimum absolute atomic E-state index is 0.0277. The third-order valence-corrected chi connectivity index (χ3v) is 8.51. The predicted molar refractivity (Wildman–Crippen MR) is 152 cm³/mol. The van der Waals surface area contributed by atoms with Gasteiger partial charge < -0.3 is 10.1 Å². The van der Waals surface area contributed by atoms with Crippen LogP contribution in [0.15, 0.2) is 48.4 Å². The van der Waals surface area contributed by atoms with Crippen molar-refractivity contribution < 1.29 is 14.3 Å². The number of carbonyl (C=O) groups excluding carboxylic acids is 2. The molecule has 0 bridgehead atoms. The maximum Gasteiger partial charge on any atom is 0.415 e. The number of nitrogens with zero attached hydrogens (tertiary/aromatic N) is 4. The molecule has 2 atom stereocenters. The molecule has 5 rings (SSSR count). The zero-order valence-corrected chi connectivity index (χ0v) is 23.0. The number of amides is 1. The Balaban J connectivity index is 1.27. The van der Waals surface area contributed by atoms with Crippen LogP contribution in [0.4, 0.5) is 16.6 Å². The molecule has 3 aromatic rings. The lowest BCUT2D eigenvalue weighted by molar-refractivity contribution is -0.119. The van der Waals surface area contributed by atoms with Crippen LogP contribution < -0.4 is 10.2 Å². The summed E-state index contributed by atoms with van der Waals surface area (Å²) in [6.45, 7) is 13.0. The van der Waals surface area contributed by atoms with Gasteiger partial charge in [-0.05, 0) is 67.4 Å². The molecule has 0 spiro atoms. The van der Waals surface area contributed by atoms with Crippen LogP contribution in [0.25, 0.3) is 10.2 Å². The van der Waals surface area contributed by atoms with Gasteiger partial charge in [0.25, 0.3) is 0 Å². The number of ether oxygens (including phenoxy) is 1. The molecule has 38 heavy (non-hydrogen) atoms. The summed E-state index contributed by atoms with van der Waals surface area (Å²) in [6, 6.07) is 10.5. The number of nitrogens with one attached hydrogen (secondary N) is 1. The molecule has 0 unspecified atom stereocenters. The predicted octanol–water partition coefficient (Wildman–Crippen LogP) is 5.81. The van der Waals surface area contributed by atoms with Gasteiger partial charge in [0.1, 0.15) is 6.61 Å². The Bertz CT molecular complexity index is 1310. The summed E-state index contributed by atoms with van der Waals surface area (Å²) in [5, 5.41) is 5.41. The van der Waals surface area contributed by atoms with Crippen LogP contribution >= 0.6 is 11.3 Å². The minimum Gasteiger partial charge on any atom is -0.447 e. The van der Waals surface area contributed by atoms with Crippen molar-refractivity contribution in [3.8, 4) is 0 Å². The fourth-order valence-corrected chi connectivity index (χ4v) is 6.05. The number of anilines is 2. The number of benzene rings is 1. The fourth-order valence-electron chi connectivity index (χ4n) is 5.24. The van der Waals surface area contributed by atoms with Crippen molar-refractivity contribution in [2.45, 2.75) is 52.2 Å². The molecule has 200 valence electrons. The van der Waals surface area contributed by atoms with E-state index in [1.165, 1.54) is 23.0 Å². The third-order valence-electron chi connectivity index (χ3n) is 7.61. The molecule has 0 saturated carbocycles. The molecule has 0 radical (unpaired) electrons. The van der Waals surface area contributed by atoms with E-state index in [1.54, 1.807) is 4.90 Å². The topological polar surface area (TPSA) is 87.7 Å². The Hall–Kier alpha value is -3.30. The molecule has 1 aromatic carbocycles. The van der Waals surface area contributed by atoms with E-state index in [1.807, 2.05) is 11.4 Å². The Morgan fingerprint density at radius 3 is 2.61 bits per heavy atom. The summed E-state index contributed by atoms with van der Waals surface area (Å²) in [5.74, 6) is 1.63. The van der Waals surface area contributed by atoms with Gasteiger partial charge in [0, 0.05) is 12.5 Å². The Morgan fingerprint density at radius 1 is 1.18 bits per heavy atom. The highest BCUT2D eigenvalue weighted by Crippen LogP contribution is 2.35. The minimum atomic E-state index is -0.358. The van der Waals surface area contributed by atoms with Crippen LogP contribution in [-0.4, -0.2) is 52.5 Å². The molecule has 2 fully saturated rings. The summed E-state index contributed by atoms with van der Waals surface area (Å²) in [6.07, 6.45) is 2.89. The van der Waals surface area contributed by atoms with Gasteiger partial charge in [-0.3, -0.25) is 14.6 Å². The number of likely N-dealkylation sites (tertiary alicyclic amines) is 1. The first-order valence-corrected chi connectivity index (χ1v) is 14.2. The zero-order valence-electron chi connectivity index (χ0n) is 22.2. The van der Waals surface area contributed by atoms with Gasteiger partial charge in [-0.25, -0.2) is 9.78 Å². The van der Waals surface area contributed by atoms with E-state index in [4.69, 9.17) is 14.7 Å². The second-order valence-electron chi connectivity index (χ2n) is 10.5. The Kier molecular flexibility index (Phi) is 7.76. The lowest BCUT2D eigenvalue weighted by atomic mass is 9.92. The molecule has 2 aliphatic rings. The van der Waals surface area contributed by atoms with Crippen LogP contribution in [-0.2, 0) is 16.1 Å². The lowest BCUT2D eigenvalue weighted by Gasteiger charge is -2.30. The van der Waals surface area contributed by atoms with Crippen molar-refractivity contribution in [3.63, 3.8) is 0 Å². The van der Waals surface area contributed by atoms with Crippen LogP contribution in [0.1, 0.15) is 50.8 Å². The van der Waals surface area contributed by atoms with Gasteiger partial charge in [-0.15, -0.1) is 11.3 Å². The van der Waals surface area contributed by atoms with E-state index in [0.29, 0.717) is 18.4 Å². The van der Waals surface area contributed by atoms with Crippen molar-refractivity contribution >= 4 is 45.2 Å². The van der Waals surface area contributed by atoms with Gasteiger partial charge in [0.15, 0.2) is 11.6 Å². The number of fused-ring (bicyclic) bond motifs is 1. The van der Waals surface area contributed by atoms with Crippen molar-refractivity contribution in [2.75, 3.05) is 29.9 Å². The van der Waals surface area contributed by atoms with Gasteiger partial charge in [0.05, 0.1) is 22.3 Å². The zero-order chi connectivity index (χ0) is 26.8. The van der Waals surface area contributed by atoms with E-state index < -0.39 is 0 Å². The van der Waals surface area contributed by atoms with Gasteiger partial charge in [0.2, 0.25) is 5.95 Å². The van der Waals surface area contributed by atoms with E-state index in [9.17, 15) is 9.59 Å². The highest BCUT2D eigenvalue weighted by atomic mass is 32.1. The fraction of sp³-hybridized carbons (Fsp3) is 0.448. The Labute approximate surface area is 227 Å². The SMILES string of the molecule is C=CC(=O)C1CCN(Cc2ccc([C@H](C)Nc3nc(N4C(=O)OC[C@@H]4C(C)C)c4sccc4n3)cc2)CC1. The number of hydrogen-bond donors (Lipinski definition) is 1. The molecule has 4 heterocycles. The molecule has 9 heteroatoms. The maximum atomic E-state index is 12.6. The van der Waals surface area contributed by atoms with Gasteiger partial charge in [-0.2, -0.15) is 4.98 Å². The van der Waals surface area contributed by atoms with E-state index in [2.05, 4.69) is 61.8 Å². The number of carbonyl (C=O) groups is 2. The standard InChI is InChI=1S/C29H35N5O3S/c1-5-25(35)22-10-13-33(14-11-22)16-20-6-8-21(9-7-20)19(4)30-28-31-23-12-15-38-26(23)27(32-28)34-24(18(2)3)17-37-29(34)36/h5-9,12,15,18-19,22,24H,1,10-11,13-14,16-17H2,2-4H3,(H,30,31,32)/t19-,24+/m0/s1. The second kappa shape index (κ2) is 11.2. The van der Waals surface area contributed by atoms with Crippen molar-refractivity contribution in [1.29, 1.82) is 0 Å². The van der Waals surface area contributed by atoms with Crippen molar-refractivity contribution in [1.82, 2.24) is 14.9 Å². The molecular formula is C29H35N5O3S. The van der Waals surface area contributed by atoms with Crippen LogP contribution in [0, 0.1) is 11.8 Å². The highest BCUT2D eigenvalue weighted by molar-refractivity contribution is 7.17. The van der Waals surface area contributed by atoms with Crippen LogP contribution in [0.3, 0.4) is 0 Å². The first-order chi connectivity index (χ1) is 18.3. The lowest BCUT2D eigenvalue weighted by Crippen LogP contribution is -2.38. The van der Waals surface area contributed by atoms with Crippen molar-refractivity contribution in [2.24, 2.45) is 11.8 Å². The van der Waals surface area contributed by atoms with E-state index >= 15 is 0 Å². The number of aromatic nitrogens is 2. The molecule has 8 nitrogen and oxygen atoms in total. The summed E-state index contributed by atoms with van der Waals surface area (Å²) >= 11 is 1.53. The number of cyclic esters (lactones) is 1. The smallest absolute Gasteiger partial charge is 0.415 e. The van der Waals surface area contributed by atoms with Crippen LogP contribution in [0.5, 0.6) is 0 Å². The number of ketones is 1. The average Bonchev–Trinajstić information content (AvgIpc) is 3.55. The van der Waals surface area contributed by atoms with Crippen LogP contribution in [0.2, 0.25) is 0 Å².